The summed E-state index contributed by atoms with van der Waals surface area (Å²) >= 11 is 0. The van der Waals surface area contributed by atoms with E-state index in [-0.39, 0.29) is 11.3 Å². The minimum absolute atomic E-state index is 0.151. The third kappa shape index (κ3) is 3.68. The zero-order chi connectivity index (χ0) is 19.0. The fraction of sp³-hybridized carbons (Fsp3) is 0.619. The molecule has 3 aliphatic rings. The molecule has 1 aromatic rings. The van der Waals surface area contributed by atoms with Gasteiger partial charge in [-0.15, -0.1) is 0 Å². The Balaban J connectivity index is 1.36. The molecule has 1 atom stereocenters. The summed E-state index contributed by atoms with van der Waals surface area (Å²) in [5.41, 5.74) is 0.738. The highest BCUT2D eigenvalue weighted by atomic mass is 16.5. The molecule has 0 bridgehead atoms. The molecular weight excluding hydrogens is 344 g/mol. The number of hydrogen-bond acceptors (Lipinski definition) is 4. The van der Waals surface area contributed by atoms with E-state index < -0.39 is 6.10 Å². The average molecular weight is 372 g/mol. The van der Waals surface area contributed by atoms with E-state index in [9.17, 15) is 14.7 Å². The van der Waals surface area contributed by atoms with Crippen molar-refractivity contribution in [3.05, 3.63) is 29.8 Å². The lowest BCUT2D eigenvalue weighted by Gasteiger charge is -2.47. The molecule has 146 valence electrons. The lowest BCUT2D eigenvalue weighted by molar-refractivity contribution is -0.147. The quantitative estimate of drug-likeness (QED) is 0.879. The molecule has 1 spiro atoms. The molecular formula is C21H28N2O4. The Hall–Kier alpha value is -2.08. The van der Waals surface area contributed by atoms with E-state index in [0.717, 1.165) is 38.6 Å². The molecule has 0 radical (unpaired) electrons. The largest absolute Gasteiger partial charge is 0.497 e. The lowest BCUT2D eigenvalue weighted by Crippen LogP contribution is -2.53. The van der Waals surface area contributed by atoms with Gasteiger partial charge in [0.1, 0.15) is 5.75 Å². The predicted molar refractivity (Wildman–Crippen MR) is 100 cm³/mol. The van der Waals surface area contributed by atoms with Crippen LogP contribution in [0.2, 0.25) is 0 Å². The molecule has 0 unspecified atom stereocenters. The summed E-state index contributed by atoms with van der Waals surface area (Å²) in [6.45, 7) is 2.15. The zero-order valence-electron chi connectivity index (χ0n) is 15.9. The Morgan fingerprint density at radius 2 is 1.85 bits per heavy atom. The molecule has 2 heterocycles. The summed E-state index contributed by atoms with van der Waals surface area (Å²) < 4.78 is 5.12. The van der Waals surface area contributed by atoms with Crippen molar-refractivity contribution in [2.75, 3.05) is 26.7 Å². The van der Waals surface area contributed by atoms with Gasteiger partial charge in [-0.05, 0) is 55.2 Å². The van der Waals surface area contributed by atoms with Gasteiger partial charge in [-0.3, -0.25) is 9.59 Å². The van der Waals surface area contributed by atoms with Gasteiger partial charge in [0.25, 0.3) is 5.91 Å². The number of carbonyl (C=O) groups excluding carboxylic acids is 2. The fourth-order valence-electron chi connectivity index (χ4n) is 4.47. The molecule has 2 amide bonds. The highest BCUT2D eigenvalue weighted by molar-refractivity contribution is 5.82. The fourth-order valence-corrected chi connectivity index (χ4v) is 4.47. The van der Waals surface area contributed by atoms with Crippen LogP contribution in [0, 0.1) is 5.41 Å². The van der Waals surface area contributed by atoms with Gasteiger partial charge in [0.05, 0.1) is 7.11 Å². The Labute approximate surface area is 160 Å². The van der Waals surface area contributed by atoms with Crippen LogP contribution in [0.3, 0.4) is 0 Å². The summed E-state index contributed by atoms with van der Waals surface area (Å²) in [6, 6.07) is 7.43. The van der Waals surface area contributed by atoms with E-state index in [0.29, 0.717) is 42.8 Å². The Kier molecular flexibility index (Phi) is 4.84. The third-order valence-corrected chi connectivity index (χ3v) is 6.48. The van der Waals surface area contributed by atoms with Crippen molar-refractivity contribution in [2.45, 2.75) is 50.7 Å². The molecule has 6 nitrogen and oxygen atoms in total. The molecule has 2 saturated heterocycles. The Morgan fingerprint density at radius 1 is 1.19 bits per heavy atom. The molecule has 1 saturated carbocycles. The number of aliphatic hydroxyl groups is 1. The second kappa shape index (κ2) is 7.15. The van der Waals surface area contributed by atoms with Gasteiger partial charge in [-0.25, -0.2) is 0 Å². The second-order valence-electron chi connectivity index (χ2n) is 8.25. The Morgan fingerprint density at radius 3 is 2.44 bits per heavy atom. The van der Waals surface area contributed by atoms with Gasteiger partial charge in [-0.2, -0.15) is 0 Å². The summed E-state index contributed by atoms with van der Waals surface area (Å²) in [5.74, 6) is 0.767. The van der Waals surface area contributed by atoms with E-state index >= 15 is 0 Å². The molecule has 2 aliphatic heterocycles. The van der Waals surface area contributed by atoms with Crippen LogP contribution in [-0.2, 0) is 9.59 Å². The van der Waals surface area contributed by atoms with Gasteiger partial charge in [0, 0.05) is 32.1 Å². The molecule has 27 heavy (non-hydrogen) atoms. The van der Waals surface area contributed by atoms with Crippen molar-refractivity contribution in [1.29, 1.82) is 0 Å². The SMILES string of the molecule is COc1ccc([C@@H](O)C(=O)N2CCC3(CCC(=O)N(C4CC4)C3)CC2)cc1. The first-order chi connectivity index (χ1) is 13.0. The normalized spacial score (nSPS) is 23.4. The van der Waals surface area contributed by atoms with Crippen LogP contribution < -0.4 is 4.74 Å². The number of likely N-dealkylation sites (tertiary alicyclic amines) is 2. The summed E-state index contributed by atoms with van der Waals surface area (Å²) in [4.78, 5) is 28.8. The van der Waals surface area contributed by atoms with Crippen molar-refractivity contribution in [3.8, 4) is 5.75 Å². The maximum atomic E-state index is 12.7. The molecule has 3 fully saturated rings. The van der Waals surface area contributed by atoms with Crippen LogP contribution >= 0.6 is 0 Å². The van der Waals surface area contributed by atoms with Gasteiger partial charge >= 0.3 is 0 Å². The minimum atomic E-state index is -1.14. The first kappa shape index (κ1) is 18.3. The number of nitrogens with zero attached hydrogens (tertiary/aromatic N) is 2. The highest BCUT2D eigenvalue weighted by Gasteiger charge is 2.45. The molecule has 6 heteroatoms. The van der Waals surface area contributed by atoms with Crippen LogP contribution in [0.5, 0.6) is 5.75 Å². The van der Waals surface area contributed by atoms with Crippen molar-refractivity contribution in [1.82, 2.24) is 9.80 Å². The monoisotopic (exact) mass is 372 g/mol. The predicted octanol–water partition coefficient (Wildman–Crippen LogP) is 2.12. The van der Waals surface area contributed by atoms with Crippen LogP contribution in [0.1, 0.15) is 50.2 Å². The maximum Gasteiger partial charge on any atom is 0.256 e. The van der Waals surface area contributed by atoms with Crippen LogP contribution in [0.15, 0.2) is 24.3 Å². The average Bonchev–Trinajstić information content (AvgIpc) is 3.55. The standard InChI is InChI=1S/C21H28N2O4/c1-27-17-6-2-15(3-7-17)19(25)20(26)22-12-10-21(11-13-22)9-8-18(24)23(14-21)16-4-5-16/h2-3,6-7,16,19,25H,4-5,8-14H2,1H3/t19-/m1/s1. The van der Waals surface area contributed by atoms with Crippen LogP contribution in [0.4, 0.5) is 0 Å². The van der Waals surface area contributed by atoms with E-state index in [1.165, 1.54) is 0 Å². The number of benzene rings is 1. The number of methoxy groups -OCH3 is 1. The maximum absolute atomic E-state index is 12.7. The highest BCUT2D eigenvalue weighted by Crippen LogP contribution is 2.43. The second-order valence-corrected chi connectivity index (χ2v) is 8.25. The smallest absolute Gasteiger partial charge is 0.256 e. The van der Waals surface area contributed by atoms with Crippen molar-refractivity contribution in [3.63, 3.8) is 0 Å². The molecule has 1 N–H and O–H groups in total. The van der Waals surface area contributed by atoms with E-state index in [4.69, 9.17) is 4.74 Å². The summed E-state index contributed by atoms with van der Waals surface area (Å²) in [6.07, 6.45) is 4.52. The van der Waals surface area contributed by atoms with Crippen LogP contribution in [0.25, 0.3) is 0 Å². The molecule has 1 aromatic carbocycles. The molecule has 0 aromatic heterocycles. The first-order valence-electron chi connectivity index (χ1n) is 9.92. The third-order valence-electron chi connectivity index (χ3n) is 6.48. The number of ether oxygens (including phenoxy) is 1. The number of aliphatic hydroxyl groups excluding tert-OH is 1. The van der Waals surface area contributed by atoms with E-state index in [1.54, 1.807) is 36.3 Å². The number of hydrogen-bond donors (Lipinski definition) is 1. The lowest BCUT2D eigenvalue weighted by atomic mass is 9.72. The number of piperidine rings is 2. The van der Waals surface area contributed by atoms with Gasteiger partial charge in [-0.1, -0.05) is 12.1 Å². The molecule has 4 rings (SSSR count). The van der Waals surface area contributed by atoms with E-state index in [2.05, 4.69) is 4.90 Å². The van der Waals surface area contributed by atoms with Crippen molar-refractivity contribution >= 4 is 11.8 Å². The van der Waals surface area contributed by atoms with Crippen molar-refractivity contribution < 1.29 is 19.4 Å². The van der Waals surface area contributed by atoms with Gasteiger partial charge in [0.2, 0.25) is 5.91 Å². The Bertz CT molecular complexity index is 705. The number of carbonyl (C=O) groups is 2. The first-order valence-corrected chi connectivity index (χ1v) is 9.92. The van der Waals surface area contributed by atoms with Gasteiger partial charge < -0.3 is 19.6 Å². The topological polar surface area (TPSA) is 70.1 Å². The van der Waals surface area contributed by atoms with Gasteiger partial charge in [0.15, 0.2) is 6.10 Å². The van der Waals surface area contributed by atoms with Crippen molar-refractivity contribution in [2.24, 2.45) is 5.41 Å². The number of amides is 2. The van der Waals surface area contributed by atoms with Crippen LogP contribution in [-0.4, -0.2) is 59.5 Å². The van der Waals surface area contributed by atoms with E-state index in [1.807, 2.05) is 0 Å². The number of rotatable bonds is 4. The minimum Gasteiger partial charge on any atom is -0.497 e. The zero-order valence-corrected chi connectivity index (χ0v) is 15.9. The summed E-state index contributed by atoms with van der Waals surface area (Å²) in [7, 11) is 1.59. The summed E-state index contributed by atoms with van der Waals surface area (Å²) in [5, 5.41) is 10.5. The molecule has 1 aliphatic carbocycles.